The molecule has 1 amide bonds. The normalized spacial score (nSPS) is 14.7. The predicted molar refractivity (Wildman–Crippen MR) is 116 cm³/mol. The lowest BCUT2D eigenvalue weighted by Crippen LogP contribution is -2.18. The average molecular weight is 398 g/mol. The minimum Gasteiger partial charge on any atom is -0.493 e. The lowest BCUT2D eigenvalue weighted by atomic mass is 10.1. The average Bonchev–Trinajstić information content (AvgIpc) is 3.02. The summed E-state index contributed by atoms with van der Waals surface area (Å²) in [7, 11) is 3.21. The van der Waals surface area contributed by atoms with Crippen molar-refractivity contribution in [2.75, 3.05) is 24.9 Å². The topological polar surface area (TPSA) is 72.5 Å². The van der Waals surface area contributed by atoms with Crippen LogP contribution in [-0.4, -0.2) is 31.2 Å². The van der Waals surface area contributed by atoms with Crippen LogP contribution in [0.15, 0.2) is 36.5 Å². The van der Waals surface area contributed by atoms with Crippen LogP contribution in [0.5, 0.6) is 11.5 Å². The summed E-state index contributed by atoms with van der Waals surface area (Å²) in [4.78, 5) is 16.7. The fraction of sp³-hybridized carbons (Fsp3) is 0.478. The summed E-state index contributed by atoms with van der Waals surface area (Å²) < 4.78 is 10.6. The van der Waals surface area contributed by atoms with E-state index in [-0.39, 0.29) is 5.91 Å². The van der Waals surface area contributed by atoms with Gasteiger partial charge in [-0.05, 0) is 49.1 Å². The van der Waals surface area contributed by atoms with Crippen molar-refractivity contribution in [2.24, 2.45) is 0 Å². The minimum absolute atomic E-state index is 0.0586. The highest BCUT2D eigenvalue weighted by Gasteiger charge is 2.12. The van der Waals surface area contributed by atoms with Gasteiger partial charge in [-0.25, -0.2) is 4.98 Å². The number of benzene rings is 1. The Morgan fingerprint density at radius 3 is 2.45 bits per heavy atom. The van der Waals surface area contributed by atoms with Gasteiger partial charge in [-0.2, -0.15) is 0 Å². The third-order valence-electron chi connectivity index (χ3n) is 5.35. The van der Waals surface area contributed by atoms with E-state index in [0.717, 1.165) is 11.3 Å². The lowest BCUT2D eigenvalue weighted by molar-refractivity contribution is -0.116. The van der Waals surface area contributed by atoms with Gasteiger partial charge in [0.05, 0.1) is 26.1 Å². The molecule has 29 heavy (non-hydrogen) atoms. The van der Waals surface area contributed by atoms with E-state index in [1.54, 1.807) is 20.4 Å². The third kappa shape index (κ3) is 6.38. The van der Waals surface area contributed by atoms with Crippen LogP contribution in [0.4, 0.5) is 11.5 Å². The first-order chi connectivity index (χ1) is 14.2. The number of hydrogen-bond acceptors (Lipinski definition) is 5. The monoisotopic (exact) mass is 397 g/mol. The molecule has 156 valence electrons. The first-order valence-corrected chi connectivity index (χ1v) is 10.4. The highest BCUT2D eigenvalue weighted by Crippen LogP contribution is 2.28. The summed E-state index contributed by atoms with van der Waals surface area (Å²) in [6.07, 6.45) is 10.5. The van der Waals surface area contributed by atoms with Gasteiger partial charge in [0.2, 0.25) is 5.91 Å². The van der Waals surface area contributed by atoms with Crippen LogP contribution in [-0.2, 0) is 11.2 Å². The number of hydrogen-bond donors (Lipinski definition) is 2. The number of nitrogens with zero attached hydrogens (tertiary/aromatic N) is 1. The van der Waals surface area contributed by atoms with Crippen LogP contribution in [0.3, 0.4) is 0 Å². The molecule has 0 aliphatic heterocycles. The molecule has 0 radical (unpaired) electrons. The molecule has 1 heterocycles. The Morgan fingerprint density at radius 1 is 1.03 bits per heavy atom. The highest BCUT2D eigenvalue weighted by atomic mass is 16.5. The SMILES string of the molecule is COc1ccc(CCC(=O)Nc2ccc(NC3CCCCCC3)cn2)cc1OC. The molecule has 0 unspecified atom stereocenters. The van der Waals surface area contributed by atoms with Crippen LogP contribution in [0.1, 0.15) is 50.5 Å². The van der Waals surface area contributed by atoms with E-state index in [1.165, 1.54) is 38.5 Å². The summed E-state index contributed by atoms with van der Waals surface area (Å²) in [6.45, 7) is 0. The van der Waals surface area contributed by atoms with Gasteiger partial charge in [-0.15, -0.1) is 0 Å². The van der Waals surface area contributed by atoms with Gasteiger partial charge >= 0.3 is 0 Å². The van der Waals surface area contributed by atoms with E-state index < -0.39 is 0 Å². The van der Waals surface area contributed by atoms with Gasteiger partial charge in [-0.3, -0.25) is 4.79 Å². The zero-order valence-electron chi connectivity index (χ0n) is 17.4. The van der Waals surface area contributed by atoms with Crippen molar-refractivity contribution in [2.45, 2.75) is 57.4 Å². The number of nitrogens with one attached hydrogen (secondary N) is 2. The zero-order chi connectivity index (χ0) is 20.5. The first kappa shape index (κ1) is 21.0. The standard InChI is InChI=1S/C23H31N3O3/c1-28-20-12-9-17(15-21(20)29-2)10-14-23(27)26-22-13-11-19(16-24-22)25-18-7-5-3-4-6-8-18/h9,11-13,15-16,18,25H,3-8,10,14H2,1-2H3,(H,24,26,27). The van der Waals surface area contributed by atoms with Crippen LogP contribution < -0.4 is 20.1 Å². The van der Waals surface area contributed by atoms with E-state index in [9.17, 15) is 4.79 Å². The Balaban J connectivity index is 1.47. The summed E-state index contributed by atoms with van der Waals surface area (Å²) in [6, 6.07) is 10.1. The summed E-state index contributed by atoms with van der Waals surface area (Å²) >= 11 is 0. The molecule has 0 atom stereocenters. The molecular weight excluding hydrogens is 366 g/mol. The molecule has 1 aromatic carbocycles. The summed E-state index contributed by atoms with van der Waals surface area (Å²) in [5.74, 6) is 1.87. The van der Waals surface area contributed by atoms with E-state index in [2.05, 4.69) is 15.6 Å². The molecule has 6 nitrogen and oxygen atoms in total. The van der Waals surface area contributed by atoms with Crippen LogP contribution in [0, 0.1) is 0 Å². The van der Waals surface area contributed by atoms with Crippen molar-refractivity contribution in [3.05, 3.63) is 42.1 Å². The van der Waals surface area contributed by atoms with Crippen molar-refractivity contribution in [1.29, 1.82) is 0 Å². The number of carbonyl (C=O) groups is 1. The molecule has 1 aliphatic rings. The maximum Gasteiger partial charge on any atom is 0.225 e. The van der Waals surface area contributed by atoms with E-state index in [0.29, 0.717) is 36.2 Å². The summed E-state index contributed by atoms with van der Waals surface area (Å²) in [5, 5.41) is 6.44. The second-order valence-corrected chi connectivity index (χ2v) is 7.50. The number of amides is 1. The van der Waals surface area contributed by atoms with Crippen molar-refractivity contribution in [1.82, 2.24) is 4.98 Å². The maximum absolute atomic E-state index is 12.3. The smallest absolute Gasteiger partial charge is 0.225 e. The number of anilines is 2. The van der Waals surface area contributed by atoms with Gasteiger partial charge in [-0.1, -0.05) is 31.7 Å². The number of rotatable bonds is 8. The number of aryl methyl sites for hydroxylation is 1. The molecule has 1 fully saturated rings. The maximum atomic E-state index is 12.3. The van der Waals surface area contributed by atoms with Crippen LogP contribution in [0.25, 0.3) is 0 Å². The highest BCUT2D eigenvalue weighted by molar-refractivity contribution is 5.90. The number of carbonyl (C=O) groups excluding carboxylic acids is 1. The summed E-state index contributed by atoms with van der Waals surface area (Å²) in [5.41, 5.74) is 2.04. The Bertz CT molecular complexity index is 784. The molecule has 0 saturated heterocycles. The Hall–Kier alpha value is -2.76. The van der Waals surface area contributed by atoms with Crippen molar-refractivity contribution in [3.63, 3.8) is 0 Å². The third-order valence-corrected chi connectivity index (χ3v) is 5.35. The number of ether oxygens (including phenoxy) is 2. The van der Waals surface area contributed by atoms with Gasteiger partial charge in [0.1, 0.15) is 5.82 Å². The van der Waals surface area contributed by atoms with Crippen LogP contribution >= 0.6 is 0 Å². The zero-order valence-corrected chi connectivity index (χ0v) is 17.4. The first-order valence-electron chi connectivity index (χ1n) is 10.4. The molecular formula is C23H31N3O3. The van der Waals surface area contributed by atoms with Gasteiger partial charge in [0.25, 0.3) is 0 Å². The minimum atomic E-state index is -0.0586. The largest absolute Gasteiger partial charge is 0.493 e. The van der Waals surface area contributed by atoms with Gasteiger partial charge in [0.15, 0.2) is 11.5 Å². The van der Waals surface area contributed by atoms with Crippen molar-refractivity contribution >= 4 is 17.4 Å². The van der Waals surface area contributed by atoms with Gasteiger partial charge < -0.3 is 20.1 Å². The Kier molecular flexibility index (Phi) is 7.73. The molecule has 0 spiro atoms. The number of pyridine rings is 1. The Labute approximate surface area is 173 Å². The molecule has 3 rings (SSSR count). The lowest BCUT2D eigenvalue weighted by Gasteiger charge is -2.17. The van der Waals surface area contributed by atoms with E-state index >= 15 is 0 Å². The molecule has 6 heteroatoms. The Morgan fingerprint density at radius 2 is 1.79 bits per heavy atom. The van der Waals surface area contributed by atoms with E-state index in [1.807, 2.05) is 30.3 Å². The fourth-order valence-corrected chi connectivity index (χ4v) is 3.71. The number of methoxy groups -OCH3 is 2. The van der Waals surface area contributed by atoms with Crippen molar-refractivity contribution in [3.8, 4) is 11.5 Å². The van der Waals surface area contributed by atoms with Crippen LogP contribution in [0.2, 0.25) is 0 Å². The molecule has 0 bridgehead atoms. The quantitative estimate of drug-likeness (QED) is 0.626. The van der Waals surface area contributed by atoms with E-state index in [4.69, 9.17) is 9.47 Å². The second kappa shape index (κ2) is 10.7. The predicted octanol–water partition coefficient (Wildman–Crippen LogP) is 4.80. The van der Waals surface area contributed by atoms with Crippen molar-refractivity contribution < 1.29 is 14.3 Å². The molecule has 1 saturated carbocycles. The fourth-order valence-electron chi connectivity index (χ4n) is 3.71. The molecule has 1 aromatic heterocycles. The number of aromatic nitrogens is 1. The van der Waals surface area contributed by atoms with Gasteiger partial charge in [0, 0.05) is 12.5 Å². The molecule has 2 aromatic rings. The molecule has 1 aliphatic carbocycles. The second-order valence-electron chi connectivity index (χ2n) is 7.50. The molecule has 2 N–H and O–H groups in total.